The Bertz CT molecular complexity index is 551. The van der Waals surface area contributed by atoms with Gasteiger partial charge >= 0.3 is 0 Å². The lowest BCUT2D eigenvalue weighted by Gasteiger charge is -2.33. The molecule has 3 N–H and O–H groups in total. The summed E-state index contributed by atoms with van der Waals surface area (Å²) in [5.41, 5.74) is 9.33. The van der Waals surface area contributed by atoms with Crippen LogP contribution in [-0.4, -0.2) is 50.8 Å². The molecule has 0 bridgehead atoms. The van der Waals surface area contributed by atoms with Gasteiger partial charge in [0.1, 0.15) is 5.75 Å². The molecule has 0 radical (unpaired) electrons. The van der Waals surface area contributed by atoms with Gasteiger partial charge in [-0.15, -0.1) is 0 Å². The Morgan fingerprint density at radius 3 is 2.64 bits per heavy atom. The Hall–Kier alpha value is -1.40. The summed E-state index contributed by atoms with van der Waals surface area (Å²) in [6.45, 7) is 11.6. The first-order chi connectivity index (χ1) is 12.2. The highest BCUT2D eigenvalue weighted by molar-refractivity contribution is 5.30. The summed E-state index contributed by atoms with van der Waals surface area (Å²) in [7, 11) is 1.71. The van der Waals surface area contributed by atoms with E-state index < -0.39 is 0 Å². The van der Waals surface area contributed by atoms with Gasteiger partial charge in [0, 0.05) is 31.6 Å². The van der Waals surface area contributed by atoms with E-state index in [9.17, 15) is 0 Å². The van der Waals surface area contributed by atoms with Crippen LogP contribution >= 0.6 is 0 Å². The van der Waals surface area contributed by atoms with E-state index in [0.29, 0.717) is 18.0 Å². The second kappa shape index (κ2) is 8.81. The average Bonchev–Trinajstić information content (AvgIpc) is 3.09. The van der Waals surface area contributed by atoms with Gasteiger partial charge in [-0.05, 0) is 50.6 Å². The van der Waals surface area contributed by atoms with Gasteiger partial charge in [-0.3, -0.25) is 10.3 Å². The first kappa shape index (κ1) is 18.4. The zero-order valence-corrected chi connectivity index (χ0v) is 15.6. The standard InChI is InChI=1S/C20H32N4O/c1-15(2)14-24-10-8-18(9-11-24)21-12-17-13-22-23-20(17)16-4-6-19(25-3)7-5-16/h4-7,17-18,20-23H,1,8-14H2,2-3H3. The summed E-state index contributed by atoms with van der Waals surface area (Å²) in [6, 6.07) is 9.38. The van der Waals surface area contributed by atoms with E-state index in [-0.39, 0.29) is 0 Å². The Morgan fingerprint density at radius 2 is 2.00 bits per heavy atom. The van der Waals surface area contributed by atoms with Crippen LogP contribution in [0.2, 0.25) is 0 Å². The van der Waals surface area contributed by atoms with Gasteiger partial charge in [-0.25, -0.2) is 5.43 Å². The molecule has 5 nitrogen and oxygen atoms in total. The lowest BCUT2D eigenvalue weighted by Crippen LogP contribution is -2.44. The summed E-state index contributed by atoms with van der Waals surface area (Å²) in [5.74, 6) is 1.47. The van der Waals surface area contributed by atoms with E-state index in [1.165, 1.54) is 37.1 Å². The van der Waals surface area contributed by atoms with Crippen molar-refractivity contribution in [1.82, 2.24) is 21.1 Å². The third-order valence-electron chi connectivity index (χ3n) is 5.32. The van der Waals surface area contributed by atoms with Crippen molar-refractivity contribution in [2.24, 2.45) is 5.92 Å². The van der Waals surface area contributed by atoms with E-state index in [1.807, 2.05) is 12.1 Å². The lowest BCUT2D eigenvalue weighted by atomic mass is 9.94. The molecule has 1 aromatic carbocycles. The summed E-state index contributed by atoms with van der Waals surface area (Å²) in [4.78, 5) is 2.51. The van der Waals surface area contributed by atoms with Crippen LogP contribution in [0.3, 0.4) is 0 Å². The predicted octanol–water partition coefficient (Wildman–Crippen LogP) is 2.09. The lowest BCUT2D eigenvalue weighted by molar-refractivity contribution is 0.207. The summed E-state index contributed by atoms with van der Waals surface area (Å²) in [6.07, 6.45) is 2.46. The normalized spacial score (nSPS) is 25.2. The Balaban J connectivity index is 1.46. The van der Waals surface area contributed by atoms with E-state index >= 15 is 0 Å². The fourth-order valence-corrected chi connectivity index (χ4v) is 3.89. The van der Waals surface area contributed by atoms with E-state index in [0.717, 1.165) is 25.4 Å². The van der Waals surface area contributed by atoms with Crippen molar-refractivity contribution in [3.8, 4) is 5.75 Å². The van der Waals surface area contributed by atoms with Gasteiger partial charge in [0.2, 0.25) is 0 Å². The number of hydrogen-bond donors (Lipinski definition) is 3. The fraction of sp³-hybridized carbons (Fsp3) is 0.600. The summed E-state index contributed by atoms with van der Waals surface area (Å²) < 4.78 is 5.26. The molecule has 3 rings (SSSR count). The molecule has 2 atom stereocenters. The van der Waals surface area contributed by atoms with Gasteiger partial charge in [-0.2, -0.15) is 0 Å². The minimum absolute atomic E-state index is 0.349. The van der Waals surface area contributed by atoms with Crippen LogP contribution in [0.4, 0.5) is 0 Å². The van der Waals surface area contributed by atoms with Crippen LogP contribution in [0, 0.1) is 5.92 Å². The van der Waals surface area contributed by atoms with Gasteiger partial charge < -0.3 is 10.1 Å². The SMILES string of the molecule is C=C(C)CN1CCC(NCC2CNNC2c2ccc(OC)cc2)CC1. The highest BCUT2D eigenvalue weighted by atomic mass is 16.5. The Morgan fingerprint density at radius 1 is 1.28 bits per heavy atom. The van der Waals surface area contributed by atoms with Crippen LogP contribution in [0.15, 0.2) is 36.4 Å². The van der Waals surface area contributed by atoms with Crippen molar-refractivity contribution in [1.29, 1.82) is 0 Å². The number of rotatable bonds is 7. The molecule has 2 aliphatic rings. The quantitative estimate of drug-likeness (QED) is 0.661. The first-order valence-electron chi connectivity index (χ1n) is 9.38. The van der Waals surface area contributed by atoms with E-state index in [4.69, 9.17) is 4.74 Å². The van der Waals surface area contributed by atoms with Crippen molar-refractivity contribution >= 4 is 0 Å². The number of methoxy groups -OCH3 is 1. The molecule has 0 aromatic heterocycles. The number of hydrogen-bond acceptors (Lipinski definition) is 5. The average molecular weight is 345 g/mol. The third-order valence-corrected chi connectivity index (χ3v) is 5.32. The van der Waals surface area contributed by atoms with Crippen molar-refractivity contribution in [2.75, 3.05) is 39.8 Å². The molecule has 2 heterocycles. The third kappa shape index (κ3) is 5.05. The highest BCUT2D eigenvalue weighted by Crippen LogP contribution is 2.26. The maximum absolute atomic E-state index is 5.26. The van der Waals surface area contributed by atoms with Crippen molar-refractivity contribution in [3.63, 3.8) is 0 Å². The highest BCUT2D eigenvalue weighted by Gasteiger charge is 2.29. The number of nitrogens with one attached hydrogen (secondary N) is 3. The molecule has 1 aromatic rings. The van der Waals surface area contributed by atoms with Crippen LogP contribution in [-0.2, 0) is 0 Å². The first-order valence-corrected chi connectivity index (χ1v) is 9.38. The molecule has 2 aliphatic heterocycles. The molecule has 0 amide bonds. The number of nitrogens with zero attached hydrogens (tertiary/aromatic N) is 1. The number of benzene rings is 1. The van der Waals surface area contributed by atoms with Crippen LogP contribution in [0.1, 0.15) is 31.4 Å². The summed E-state index contributed by atoms with van der Waals surface area (Å²) >= 11 is 0. The zero-order valence-electron chi connectivity index (χ0n) is 15.6. The Kier molecular flexibility index (Phi) is 6.48. The van der Waals surface area contributed by atoms with Crippen LogP contribution < -0.4 is 20.9 Å². The molecule has 5 heteroatoms. The van der Waals surface area contributed by atoms with E-state index in [1.54, 1.807) is 7.11 Å². The molecular formula is C20H32N4O. The molecule has 0 spiro atoms. The molecule has 0 saturated carbocycles. The van der Waals surface area contributed by atoms with Gasteiger partial charge in [-0.1, -0.05) is 24.3 Å². The van der Waals surface area contributed by atoms with Crippen molar-refractivity contribution in [2.45, 2.75) is 31.8 Å². The summed E-state index contributed by atoms with van der Waals surface area (Å²) in [5, 5.41) is 3.81. The molecule has 2 saturated heterocycles. The second-order valence-corrected chi connectivity index (χ2v) is 7.45. The van der Waals surface area contributed by atoms with Crippen LogP contribution in [0.25, 0.3) is 0 Å². The maximum Gasteiger partial charge on any atom is 0.118 e. The Labute approximate surface area is 151 Å². The minimum Gasteiger partial charge on any atom is -0.497 e. The topological polar surface area (TPSA) is 48.6 Å². The van der Waals surface area contributed by atoms with Crippen LogP contribution in [0.5, 0.6) is 5.75 Å². The molecule has 25 heavy (non-hydrogen) atoms. The molecular weight excluding hydrogens is 312 g/mol. The van der Waals surface area contributed by atoms with Gasteiger partial charge in [0.05, 0.1) is 13.2 Å². The fourth-order valence-electron chi connectivity index (χ4n) is 3.89. The smallest absolute Gasteiger partial charge is 0.118 e. The number of piperidine rings is 1. The minimum atomic E-state index is 0.349. The predicted molar refractivity (Wildman–Crippen MR) is 103 cm³/mol. The van der Waals surface area contributed by atoms with Crippen molar-refractivity contribution in [3.05, 3.63) is 42.0 Å². The molecule has 138 valence electrons. The van der Waals surface area contributed by atoms with Crippen molar-refractivity contribution < 1.29 is 4.74 Å². The number of ether oxygens (including phenoxy) is 1. The van der Waals surface area contributed by atoms with Gasteiger partial charge in [0.15, 0.2) is 0 Å². The van der Waals surface area contributed by atoms with E-state index in [2.05, 4.69) is 46.7 Å². The monoisotopic (exact) mass is 344 g/mol. The largest absolute Gasteiger partial charge is 0.497 e. The molecule has 0 aliphatic carbocycles. The maximum atomic E-state index is 5.26. The number of likely N-dealkylation sites (tertiary alicyclic amines) is 1. The zero-order chi connectivity index (χ0) is 17.6. The second-order valence-electron chi connectivity index (χ2n) is 7.45. The molecule has 2 unspecified atom stereocenters. The van der Waals surface area contributed by atoms with Gasteiger partial charge in [0.25, 0.3) is 0 Å². The number of hydrazine groups is 1. The molecule has 2 fully saturated rings.